The maximum atomic E-state index is 14.1. The molecule has 74 heavy (non-hydrogen) atoms. The fourth-order valence-corrected chi connectivity index (χ4v) is 9.05. The first kappa shape index (κ1) is 51.4. The number of hydrogen-bond donors (Lipinski definition) is 2. The molecule has 2 aliphatic rings. The Morgan fingerprint density at radius 1 is 0.541 bits per heavy atom. The molecular weight excluding hydrogens is 958 g/mol. The van der Waals surface area contributed by atoms with Crippen molar-refractivity contribution in [2.45, 2.75) is 44.6 Å². The maximum Gasteiger partial charge on any atom is 0.356 e. The summed E-state index contributed by atoms with van der Waals surface area (Å²) in [6.45, 7) is 12.0. The van der Waals surface area contributed by atoms with Gasteiger partial charge in [0.25, 0.3) is 17.7 Å². The molecule has 3 amide bonds. The Balaban J connectivity index is 0.000000202. The van der Waals surface area contributed by atoms with Crippen LogP contribution in [0.3, 0.4) is 0 Å². The molecule has 0 saturated carbocycles. The molecule has 376 valence electrons. The van der Waals surface area contributed by atoms with Gasteiger partial charge >= 0.3 is 5.97 Å². The van der Waals surface area contributed by atoms with E-state index in [0.29, 0.717) is 56.4 Å². The minimum absolute atomic E-state index is 0.0696. The Bertz CT molecular complexity index is 3210. The van der Waals surface area contributed by atoms with Crippen LogP contribution in [0.4, 0.5) is 22.0 Å². The number of aryl methyl sites for hydroxylation is 2. The fraction of sp³-hybridized carbons (Fsp3) is 0.158. The molecule has 0 unspecified atom stereocenters. The molecule has 2 fully saturated rings. The van der Waals surface area contributed by atoms with E-state index >= 15 is 0 Å². The van der Waals surface area contributed by atoms with Crippen molar-refractivity contribution in [3.8, 4) is 0 Å². The highest BCUT2D eigenvalue weighted by Crippen LogP contribution is 2.41. The Hall–Kier alpha value is -8.99. The second-order valence-corrected chi connectivity index (χ2v) is 17.7. The zero-order valence-corrected chi connectivity index (χ0v) is 40.6. The standard InChI is InChI=1S/C32H27F3N4O2.C25H21F2N3O3/c1-20-16-23(17-29(36-20)30(40)38(3)18-22-4-10-26(33)11-5-22)19-39-21(2)37-32(31(39)41,24-6-12-27(34)13-7-24)25-8-14-28(35)15-9-25;1-15-12-17(13-22(28-15)23(31)33-3)14-30-16(2)29-25(24(30)32,18-4-8-20(26)9-5-18)19-6-10-21(27)11-7-19/h4-17,37H,2,18-19H2,1,3H3;4-13,29H,2,14H2,1,3H3. The number of carbonyl (C=O) groups excluding carboxylic acids is 4. The summed E-state index contributed by atoms with van der Waals surface area (Å²) in [5.41, 5.74) is 2.52. The molecule has 5 aromatic carbocycles. The number of nitrogens with one attached hydrogen (secondary N) is 2. The van der Waals surface area contributed by atoms with E-state index in [4.69, 9.17) is 4.74 Å². The number of halogens is 5. The molecule has 0 spiro atoms. The van der Waals surface area contributed by atoms with Crippen molar-refractivity contribution >= 4 is 23.7 Å². The van der Waals surface area contributed by atoms with Gasteiger partial charge in [0.15, 0.2) is 11.1 Å². The average molecular weight is 1010 g/mol. The number of ether oxygens (including phenoxy) is 1. The number of hydrogen-bond acceptors (Lipinski definition) is 9. The van der Waals surface area contributed by atoms with Gasteiger partial charge in [0.1, 0.15) is 52.1 Å². The van der Waals surface area contributed by atoms with Crippen molar-refractivity contribution in [1.29, 1.82) is 0 Å². The molecule has 0 bridgehead atoms. The van der Waals surface area contributed by atoms with Gasteiger partial charge in [-0.3, -0.25) is 24.2 Å². The zero-order chi connectivity index (χ0) is 53.1. The number of pyridine rings is 2. The summed E-state index contributed by atoms with van der Waals surface area (Å²) in [5.74, 6) is -3.27. The largest absolute Gasteiger partial charge is 0.464 e. The first-order valence-electron chi connectivity index (χ1n) is 23.0. The van der Waals surface area contributed by atoms with E-state index in [9.17, 15) is 41.1 Å². The van der Waals surface area contributed by atoms with Crippen LogP contribution in [0.25, 0.3) is 0 Å². The summed E-state index contributed by atoms with van der Waals surface area (Å²) in [5, 5.41) is 6.33. The van der Waals surface area contributed by atoms with Gasteiger partial charge in [-0.25, -0.2) is 36.7 Å². The van der Waals surface area contributed by atoms with Crippen LogP contribution < -0.4 is 10.6 Å². The highest BCUT2D eigenvalue weighted by atomic mass is 19.1. The lowest BCUT2D eigenvalue weighted by Gasteiger charge is -2.28. The van der Waals surface area contributed by atoms with E-state index in [2.05, 4.69) is 33.8 Å². The van der Waals surface area contributed by atoms with Gasteiger partial charge in [0.2, 0.25) is 0 Å². The normalized spacial score (nSPS) is 14.5. The lowest BCUT2D eigenvalue weighted by molar-refractivity contribution is -0.132. The van der Waals surface area contributed by atoms with Crippen LogP contribution in [0, 0.1) is 42.9 Å². The van der Waals surface area contributed by atoms with E-state index in [0.717, 1.165) is 5.56 Å². The summed E-state index contributed by atoms with van der Waals surface area (Å²) in [6.07, 6.45) is 0. The quantitative estimate of drug-likeness (QED) is 0.0907. The summed E-state index contributed by atoms with van der Waals surface area (Å²) in [4.78, 5) is 66.1. The van der Waals surface area contributed by atoms with Crippen LogP contribution in [0.1, 0.15) is 71.3 Å². The summed E-state index contributed by atoms with van der Waals surface area (Å²) in [7, 11) is 2.90. The van der Waals surface area contributed by atoms with Crippen molar-refractivity contribution in [1.82, 2.24) is 35.3 Å². The summed E-state index contributed by atoms with van der Waals surface area (Å²) < 4.78 is 72.9. The number of methoxy groups -OCH3 is 1. The molecule has 0 atom stereocenters. The Morgan fingerprint density at radius 3 is 1.22 bits per heavy atom. The molecule has 2 aliphatic heterocycles. The van der Waals surface area contributed by atoms with E-state index in [1.807, 2.05) is 0 Å². The van der Waals surface area contributed by atoms with Crippen LogP contribution in [-0.4, -0.2) is 62.5 Å². The van der Waals surface area contributed by atoms with Gasteiger partial charge in [-0.15, -0.1) is 0 Å². The van der Waals surface area contributed by atoms with Gasteiger partial charge in [-0.05, 0) is 138 Å². The molecule has 17 heteroatoms. The first-order chi connectivity index (χ1) is 35.3. The highest BCUT2D eigenvalue weighted by molar-refractivity contribution is 5.97. The second-order valence-electron chi connectivity index (χ2n) is 17.7. The molecule has 2 N–H and O–H groups in total. The predicted octanol–water partition coefficient (Wildman–Crippen LogP) is 9.23. The number of nitrogens with zero attached hydrogens (tertiary/aromatic N) is 5. The van der Waals surface area contributed by atoms with Crippen LogP contribution >= 0.6 is 0 Å². The van der Waals surface area contributed by atoms with E-state index < -0.39 is 46.2 Å². The van der Waals surface area contributed by atoms with Gasteiger partial charge < -0.3 is 20.3 Å². The number of benzene rings is 5. The number of aromatic nitrogens is 2. The minimum Gasteiger partial charge on any atom is -0.464 e. The SMILES string of the molecule is C=C1NC(c2ccc(F)cc2)(c2ccc(F)cc2)C(=O)N1Cc1cc(C)nc(C(=O)N(C)Cc2ccc(F)cc2)c1.C=C1NC(c2ccc(F)cc2)(c2ccc(F)cc2)C(=O)N1Cc1cc(C)nc(C(=O)OC)c1. The maximum absolute atomic E-state index is 14.1. The third-order valence-corrected chi connectivity index (χ3v) is 12.6. The van der Waals surface area contributed by atoms with Gasteiger partial charge in [-0.2, -0.15) is 0 Å². The average Bonchev–Trinajstić information content (AvgIpc) is 3.78. The summed E-state index contributed by atoms with van der Waals surface area (Å²) >= 11 is 0. The number of rotatable bonds is 12. The number of carbonyl (C=O) groups is 4. The van der Waals surface area contributed by atoms with Crippen LogP contribution in [0.5, 0.6) is 0 Å². The van der Waals surface area contributed by atoms with Gasteiger partial charge in [0.05, 0.1) is 20.2 Å². The molecule has 0 radical (unpaired) electrons. The van der Waals surface area contributed by atoms with E-state index in [1.54, 1.807) is 57.3 Å². The van der Waals surface area contributed by atoms with Crippen molar-refractivity contribution in [3.05, 3.63) is 261 Å². The predicted molar refractivity (Wildman–Crippen MR) is 264 cm³/mol. The van der Waals surface area contributed by atoms with Gasteiger partial charge in [-0.1, -0.05) is 73.8 Å². The number of amides is 3. The minimum atomic E-state index is -1.46. The van der Waals surface area contributed by atoms with Gasteiger partial charge in [0, 0.05) is 25.0 Å². The molecule has 0 aliphatic carbocycles. The topological polar surface area (TPSA) is 137 Å². The van der Waals surface area contributed by atoms with Crippen molar-refractivity contribution in [2.75, 3.05) is 14.2 Å². The van der Waals surface area contributed by atoms with Crippen LogP contribution in [0.2, 0.25) is 0 Å². The van der Waals surface area contributed by atoms with E-state index in [1.165, 1.54) is 131 Å². The molecule has 2 aromatic heterocycles. The Morgan fingerprint density at radius 2 is 0.865 bits per heavy atom. The molecule has 9 rings (SSSR count). The molecule has 7 aromatic rings. The van der Waals surface area contributed by atoms with Crippen LogP contribution in [0.15, 0.2) is 170 Å². The Kier molecular flexibility index (Phi) is 14.6. The van der Waals surface area contributed by atoms with Crippen molar-refractivity contribution < 1.29 is 45.9 Å². The lowest BCUT2D eigenvalue weighted by Crippen LogP contribution is -2.44. The van der Waals surface area contributed by atoms with Crippen molar-refractivity contribution in [3.63, 3.8) is 0 Å². The number of esters is 1. The van der Waals surface area contributed by atoms with E-state index in [-0.39, 0.29) is 48.7 Å². The molecule has 4 heterocycles. The molecular formula is C57H48F5N7O5. The first-order valence-corrected chi connectivity index (χ1v) is 23.0. The second kappa shape index (κ2) is 21.0. The van der Waals surface area contributed by atoms with Crippen molar-refractivity contribution in [2.24, 2.45) is 0 Å². The summed E-state index contributed by atoms with van der Waals surface area (Å²) in [6, 6.07) is 34.7. The molecule has 12 nitrogen and oxygen atoms in total. The molecule has 2 saturated heterocycles. The third-order valence-electron chi connectivity index (χ3n) is 12.6. The zero-order valence-electron chi connectivity index (χ0n) is 40.6. The van der Waals surface area contributed by atoms with Crippen LogP contribution in [-0.2, 0) is 45.0 Å². The third kappa shape index (κ3) is 10.3. The monoisotopic (exact) mass is 1010 g/mol. The fourth-order valence-electron chi connectivity index (χ4n) is 9.05. The highest BCUT2D eigenvalue weighted by Gasteiger charge is 2.52. The smallest absolute Gasteiger partial charge is 0.356 e. The lowest BCUT2D eigenvalue weighted by atomic mass is 9.82. The Labute approximate surface area is 423 Å².